The minimum atomic E-state index is -0.400. The molecule has 7 heteroatoms. The molecule has 1 N–H and O–H groups in total. The molecule has 2 aromatic heterocycles. The molecule has 0 unspecified atom stereocenters. The Morgan fingerprint density at radius 1 is 1.30 bits per heavy atom. The smallest absolute Gasteiger partial charge is 0.109 e. The number of nitrogens with one attached hydrogen (secondary N) is 1. The predicted octanol–water partition coefficient (Wildman–Crippen LogP) is 2.97. The van der Waals surface area contributed by atoms with Crippen molar-refractivity contribution in [2.24, 2.45) is 0 Å². The van der Waals surface area contributed by atoms with E-state index in [-0.39, 0.29) is 12.4 Å². The van der Waals surface area contributed by atoms with Gasteiger partial charge in [-0.05, 0) is 20.8 Å². The second kappa shape index (κ2) is 7.28. The van der Waals surface area contributed by atoms with E-state index in [4.69, 9.17) is 0 Å². The van der Waals surface area contributed by atoms with Crippen LogP contribution in [0.2, 0.25) is 0 Å². The average molecular weight is 302 g/mol. The fraction of sp³-hybridized carbons (Fsp3) is 0.538. The van der Waals surface area contributed by atoms with Gasteiger partial charge in [0.2, 0.25) is 0 Å². The van der Waals surface area contributed by atoms with E-state index in [1.165, 1.54) is 0 Å². The van der Waals surface area contributed by atoms with Crippen molar-refractivity contribution in [3.8, 4) is 0 Å². The zero-order valence-electron chi connectivity index (χ0n) is 12.0. The summed E-state index contributed by atoms with van der Waals surface area (Å²) in [5.74, 6) is 0. The van der Waals surface area contributed by atoms with Crippen molar-refractivity contribution < 1.29 is 4.39 Å². The molecular weight excluding hydrogens is 281 g/mol. The second-order valence-electron chi connectivity index (χ2n) is 4.83. The lowest BCUT2D eigenvalue weighted by atomic mass is 10.3. The number of alkyl halides is 1. The van der Waals surface area contributed by atoms with Crippen LogP contribution in [0.15, 0.2) is 18.6 Å². The van der Waals surface area contributed by atoms with Crippen LogP contribution in [0, 0.1) is 6.92 Å². The molecule has 0 saturated carbocycles. The van der Waals surface area contributed by atoms with E-state index in [2.05, 4.69) is 29.4 Å². The van der Waals surface area contributed by atoms with Crippen molar-refractivity contribution in [3.05, 3.63) is 29.8 Å². The van der Waals surface area contributed by atoms with Crippen LogP contribution in [-0.2, 0) is 13.1 Å². The van der Waals surface area contributed by atoms with E-state index in [1.807, 2.05) is 24.0 Å². The summed E-state index contributed by atoms with van der Waals surface area (Å²) in [5.41, 5.74) is 3.01. The largest absolute Gasteiger partial charge is 0.378 e. The summed E-state index contributed by atoms with van der Waals surface area (Å²) in [6.07, 6.45) is 5.62. The van der Waals surface area contributed by atoms with Gasteiger partial charge in [-0.2, -0.15) is 10.2 Å². The number of halogens is 2. The van der Waals surface area contributed by atoms with Crippen molar-refractivity contribution >= 4 is 18.1 Å². The summed E-state index contributed by atoms with van der Waals surface area (Å²) in [6, 6.07) is 0.364. The molecule has 2 aromatic rings. The number of rotatable bonds is 6. The Hall–Kier alpha value is -1.56. The Balaban J connectivity index is 0.00000200. The van der Waals surface area contributed by atoms with Crippen LogP contribution in [0.25, 0.3) is 0 Å². The molecule has 0 aliphatic carbocycles. The topological polar surface area (TPSA) is 47.7 Å². The summed E-state index contributed by atoms with van der Waals surface area (Å²) < 4.78 is 15.9. The van der Waals surface area contributed by atoms with Gasteiger partial charge < -0.3 is 5.32 Å². The number of nitrogens with zero attached hydrogens (tertiary/aromatic N) is 4. The predicted molar refractivity (Wildman–Crippen MR) is 80.1 cm³/mol. The first-order valence-corrected chi connectivity index (χ1v) is 6.47. The fourth-order valence-electron chi connectivity index (χ4n) is 1.87. The van der Waals surface area contributed by atoms with Crippen molar-refractivity contribution in [2.45, 2.75) is 39.9 Å². The van der Waals surface area contributed by atoms with Gasteiger partial charge in [0.1, 0.15) is 6.67 Å². The van der Waals surface area contributed by atoms with Crippen LogP contribution in [0.1, 0.15) is 31.1 Å². The first-order valence-electron chi connectivity index (χ1n) is 6.47. The summed E-state index contributed by atoms with van der Waals surface area (Å²) in [4.78, 5) is 0. The first-order chi connectivity index (χ1) is 9.11. The monoisotopic (exact) mass is 301 g/mol. The lowest BCUT2D eigenvalue weighted by Crippen LogP contribution is -2.05. The summed E-state index contributed by atoms with van der Waals surface area (Å²) in [7, 11) is 0. The standard InChI is InChI=1S/C13H20FN5.ClH/c1-10(2)19-9-12(7-16-19)6-15-13-8-17-18(5-4-14)11(13)3;/h7-10,15H,4-6H2,1-3H3;1H. The van der Waals surface area contributed by atoms with Gasteiger partial charge in [-0.3, -0.25) is 9.36 Å². The molecule has 0 atom stereocenters. The lowest BCUT2D eigenvalue weighted by Gasteiger charge is -2.05. The molecule has 0 spiro atoms. The van der Waals surface area contributed by atoms with E-state index in [9.17, 15) is 4.39 Å². The molecule has 0 aliphatic heterocycles. The highest BCUT2D eigenvalue weighted by molar-refractivity contribution is 5.85. The lowest BCUT2D eigenvalue weighted by molar-refractivity contribution is 0.423. The molecule has 0 amide bonds. The van der Waals surface area contributed by atoms with Crippen LogP contribution in [0.5, 0.6) is 0 Å². The minimum absolute atomic E-state index is 0. The Labute approximate surface area is 124 Å². The minimum Gasteiger partial charge on any atom is -0.378 e. The maximum Gasteiger partial charge on any atom is 0.109 e. The van der Waals surface area contributed by atoms with Gasteiger partial charge in [-0.25, -0.2) is 4.39 Å². The molecule has 0 aliphatic rings. The maximum atomic E-state index is 12.3. The van der Waals surface area contributed by atoms with E-state index in [0.29, 0.717) is 19.1 Å². The van der Waals surface area contributed by atoms with E-state index in [0.717, 1.165) is 16.9 Å². The first kappa shape index (κ1) is 16.5. The third kappa shape index (κ3) is 3.72. The molecule has 0 fully saturated rings. The van der Waals surface area contributed by atoms with Gasteiger partial charge >= 0.3 is 0 Å². The van der Waals surface area contributed by atoms with Gasteiger partial charge in [0.25, 0.3) is 0 Å². The fourth-order valence-corrected chi connectivity index (χ4v) is 1.87. The van der Waals surface area contributed by atoms with Crippen molar-refractivity contribution in [1.29, 1.82) is 0 Å². The Morgan fingerprint density at radius 3 is 2.65 bits per heavy atom. The molecule has 0 aromatic carbocycles. The molecule has 20 heavy (non-hydrogen) atoms. The van der Waals surface area contributed by atoms with Gasteiger partial charge in [-0.1, -0.05) is 0 Å². The third-order valence-electron chi connectivity index (χ3n) is 3.07. The van der Waals surface area contributed by atoms with Crippen LogP contribution >= 0.6 is 12.4 Å². The zero-order chi connectivity index (χ0) is 13.8. The molecule has 5 nitrogen and oxygen atoms in total. The molecule has 0 radical (unpaired) electrons. The van der Waals surface area contributed by atoms with Crippen molar-refractivity contribution in [3.63, 3.8) is 0 Å². The zero-order valence-corrected chi connectivity index (χ0v) is 12.8. The molecule has 0 bridgehead atoms. The number of hydrogen-bond donors (Lipinski definition) is 1. The highest BCUT2D eigenvalue weighted by Gasteiger charge is 2.07. The molecular formula is C13H21ClFN5. The quantitative estimate of drug-likeness (QED) is 0.892. The van der Waals surface area contributed by atoms with Crippen LogP contribution in [-0.4, -0.2) is 26.2 Å². The molecule has 2 rings (SSSR count). The molecule has 112 valence electrons. The number of hydrogen-bond acceptors (Lipinski definition) is 3. The second-order valence-corrected chi connectivity index (χ2v) is 4.83. The van der Waals surface area contributed by atoms with Crippen LogP contribution in [0.4, 0.5) is 10.1 Å². The Kier molecular flexibility index (Phi) is 6.01. The number of aromatic nitrogens is 4. The Bertz CT molecular complexity index is 535. The van der Waals surface area contributed by atoms with Gasteiger partial charge in [0.15, 0.2) is 0 Å². The molecule has 2 heterocycles. The highest BCUT2D eigenvalue weighted by atomic mass is 35.5. The average Bonchev–Trinajstić information content (AvgIpc) is 2.97. The van der Waals surface area contributed by atoms with Crippen molar-refractivity contribution in [1.82, 2.24) is 19.6 Å². The normalized spacial score (nSPS) is 10.7. The van der Waals surface area contributed by atoms with E-state index in [1.54, 1.807) is 10.9 Å². The van der Waals surface area contributed by atoms with E-state index >= 15 is 0 Å². The summed E-state index contributed by atoms with van der Waals surface area (Å²) in [5, 5.41) is 11.7. The van der Waals surface area contributed by atoms with E-state index < -0.39 is 6.67 Å². The summed E-state index contributed by atoms with van der Waals surface area (Å²) >= 11 is 0. The SMILES string of the molecule is Cc1c(NCc2cnn(C(C)C)c2)cnn1CCF.Cl. The maximum absolute atomic E-state index is 12.3. The van der Waals surface area contributed by atoms with Gasteiger partial charge in [-0.15, -0.1) is 12.4 Å². The van der Waals surface area contributed by atoms with Crippen molar-refractivity contribution in [2.75, 3.05) is 12.0 Å². The highest BCUT2D eigenvalue weighted by Crippen LogP contribution is 2.15. The van der Waals surface area contributed by atoms with Crippen LogP contribution in [0.3, 0.4) is 0 Å². The van der Waals surface area contributed by atoms with Crippen LogP contribution < -0.4 is 5.32 Å². The summed E-state index contributed by atoms with van der Waals surface area (Å²) in [6.45, 7) is 6.71. The number of anilines is 1. The van der Waals surface area contributed by atoms with Gasteiger partial charge in [0, 0.05) is 24.3 Å². The third-order valence-corrected chi connectivity index (χ3v) is 3.07. The molecule has 0 saturated heterocycles. The van der Waals surface area contributed by atoms with Gasteiger partial charge in [0.05, 0.1) is 30.3 Å². The Morgan fingerprint density at radius 2 is 2.05 bits per heavy atom. The number of aryl methyl sites for hydroxylation is 1.